The second-order valence-electron chi connectivity index (χ2n) is 5.64. The normalized spacial score (nSPS) is 16.3. The van der Waals surface area contributed by atoms with Crippen LogP contribution in [-0.2, 0) is 14.3 Å². The van der Waals surface area contributed by atoms with Crippen LogP contribution in [0.4, 0.5) is 10.5 Å². The van der Waals surface area contributed by atoms with E-state index in [0.717, 1.165) is 11.8 Å². The van der Waals surface area contributed by atoms with Crippen LogP contribution in [0.15, 0.2) is 34.3 Å². The lowest BCUT2D eigenvalue weighted by molar-refractivity contribution is -0.143. The smallest absolute Gasteiger partial charge is 0.367 e. The Balaban J connectivity index is 2.04. The van der Waals surface area contributed by atoms with Gasteiger partial charge in [-0.2, -0.15) is 9.98 Å². The van der Waals surface area contributed by atoms with Gasteiger partial charge in [0, 0.05) is 17.0 Å². The van der Waals surface area contributed by atoms with Crippen LogP contribution in [0.1, 0.15) is 31.1 Å². The van der Waals surface area contributed by atoms with Crippen molar-refractivity contribution in [1.29, 1.82) is 0 Å². The summed E-state index contributed by atoms with van der Waals surface area (Å²) in [7, 11) is 0. The largest absolute Gasteiger partial charge is 0.465 e. The van der Waals surface area contributed by atoms with Crippen LogP contribution < -0.4 is 5.32 Å². The molecule has 0 aliphatic carbocycles. The van der Waals surface area contributed by atoms with E-state index in [2.05, 4.69) is 15.3 Å². The Morgan fingerprint density at radius 3 is 2.67 bits per heavy atom. The highest BCUT2D eigenvalue weighted by atomic mass is 32.2. The van der Waals surface area contributed by atoms with Crippen molar-refractivity contribution in [3.8, 4) is 0 Å². The number of ketones is 1. The van der Waals surface area contributed by atoms with Crippen LogP contribution >= 0.6 is 11.8 Å². The molecule has 2 rings (SSSR count). The van der Waals surface area contributed by atoms with Gasteiger partial charge < -0.3 is 10.1 Å². The molecule has 0 saturated heterocycles. The number of rotatable bonds is 6. The van der Waals surface area contributed by atoms with Crippen LogP contribution in [0.5, 0.6) is 0 Å². The number of urea groups is 1. The molecule has 1 atom stereocenters. The van der Waals surface area contributed by atoms with E-state index in [9.17, 15) is 19.2 Å². The SMILES string of the molecule is CCOC(=O)C1C(C)=NC(=O)N=C1SCC(=O)Nc1cccc(C(C)=O)c1. The second kappa shape index (κ2) is 9.22. The highest BCUT2D eigenvalue weighted by Gasteiger charge is 2.33. The Hall–Kier alpha value is -2.81. The number of benzene rings is 1. The molecule has 1 N–H and O–H groups in total. The maximum absolute atomic E-state index is 12.2. The summed E-state index contributed by atoms with van der Waals surface area (Å²) in [6.07, 6.45) is 0. The summed E-state index contributed by atoms with van der Waals surface area (Å²) in [5, 5.41) is 2.85. The van der Waals surface area contributed by atoms with E-state index < -0.39 is 17.9 Å². The molecule has 1 aromatic carbocycles. The van der Waals surface area contributed by atoms with E-state index in [1.54, 1.807) is 38.1 Å². The Labute approximate surface area is 160 Å². The summed E-state index contributed by atoms with van der Waals surface area (Å²) < 4.78 is 5.00. The third-order valence-corrected chi connectivity index (χ3v) is 4.60. The number of thioether (sulfide) groups is 1. The predicted molar refractivity (Wildman–Crippen MR) is 104 cm³/mol. The molecule has 0 fully saturated rings. The molecule has 3 amide bonds. The number of anilines is 1. The number of carbonyl (C=O) groups is 4. The lowest BCUT2D eigenvalue weighted by atomic mass is 10.1. The summed E-state index contributed by atoms with van der Waals surface area (Å²) in [4.78, 5) is 54.7. The molecule has 9 heteroatoms. The molecule has 0 saturated carbocycles. The molecule has 1 aliphatic rings. The molecule has 142 valence electrons. The molecule has 8 nitrogen and oxygen atoms in total. The quantitative estimate of drug-likeness (QED) is 0.591. The summed E-state index contributed by atoms with van der Waals surface area (Å²) >= 11 is 0.974. The van der Waals surface area contributed by atoms with Crippen LogP contribution in [-0.4, -0.2) is 46.8 Å². The summed E-state index contributed by atoms with van der Waals surface area (Å²) in [5.74, 6) is -1.99. The van der Waals surface area contributed by atoms with E-state index in [-0.39, 0.29) is 34.8 Å². The minimum absolute atomic E-state index is 0.0698. The van der Waals surface area contributed by atoms with Gasteiger partial charge in [0.15, 0.2) is 5.78 Å². The molecular weight excluding hydrogens is 370 g/mol. The average molecular weight is 389 g/mol. The summed E-state index contributed by atoms with van der Waals surface area (Å²) in [5.41, 5.74) is 1.25. The van der Waals surface area contributed by atoms with Crippen LogP contribution in [0, 0.1) is 5.92 Å². The number of hydrogen-bond acceptors (Lipinski definition) is 6. The van der Waals surface area contributed by atoms with Crippen molar-refractivity contribution in [3.05, 3.63) is 29.8 Å². The van der Waals surface area contributed by atoms with Gasteiger partial charge in [0.25, 0.3) is 0 Å². The zero-order chi connectivity index (χ0) is 20.0. The second-order valence-corrected chi connectivity index (χ2v) is 6.64. The molecule has 0 radical (unpaired) electrons. The van der Waals surface area contributed by atoms with Crippen LogP contribution in [0.2, 0.25) is 0 Å². The van der Waals surface area contributed by atoms with Crippen molar-refractivity contribution in [2.24, 2.45) is 15.9 Å². The number of Topliss-reactive ketones (excluding diaryl/α,β-unsaturated/α-hetero) is 1. The van der Waals surface area contributed by atoms with Crippen LogP contribution in [0.3, 0.4) is 0 Å². The van der Waals surface area contributed by atoms with E-state index in [1.807, 2.05) is 0 Å². The fourth-order valence-electron chi connectivity index (χ4n) is 2.34. The van der Waals surface area contributed by atoms with Gasteiger partial charge in [0.1, 0.15) is 5.92 Å². The number of aliphatic imine (C=N–C) groups is 2. The standard InChI is InChI=1S/C18H19N3O5S/c1-4-26-17(24)15-10(2)19-18(25)21-16(15)27-9-14(23)20-13-7-5-6-12(8-13)11(3)22/h5-8,15H,4,9H2,1-3H3,(H,20,23). The predicted octanol–water partition coefficient (Wildman–Crippen LogP) is 2.73. The zero-order valence-electron chi connectivity index (χ0n) is 15.1. The Morgan fingerprint density at radius 1 is 1.26 bits per heavy atom. The first-order valence-electron chi connectivity index (χ1n) is 8.19. The van der Waals surface area contributed by atoms with Crippen molar-refractivity contribution in [2.45, 2.75) is 20.8 Å². The molecule has 1 aliphatic heterocycles. The molecule has 1 heterocycles. The summed E-state index contributed by atoms with van der Waals surface area (Å²) in [6.45, 7) is 4.84. The van der Waals surface area contributed by atoms with Crippen LogP contribution in [0.25, 0.3) is 0 Å². The number of nitrogens with one attached hydrogen (secondary N) is 1. The molecule has 1 unspecified atom stereocenters. The van der Waals surface area contributed by atoms with Crippen molar-refractivity contribution in [2.75, 3.05) is 17.7 Å². The number of carbonyl (C=O) groups excluding carboxylic acids is 4. The van der Waals surface area contributed by atoms with Gasteiger partial charge in [0.05, 0.1) is 17.4 Å². The Kier molecular flexibility index (Phi) is 7.00. The molecule has 27 heavy (non-hydrogen) atoms. The topological polar surface area (TPSA) is 114 Å². The van der Waals surface area contributed by atoms with Gasteiger partial charge in [0.2, 0.25) is 5.91 Å². The molecular formula is C18H19N3O5S. The van der Waals surface area contributed by atoms with E-state index in [1.165, 1.54) is 6.92 Å². The van der Waals surface area contributed by atoms with Crippen molar-refractivity contribution >= 4 is 51.9 Å². The van der Waals surface area contributed by atoms with E-state index >= 15 is 0 Å². The highest BCUT2D eigenvalue weighted by molar-refractivity contribution is 8.14. The first-order valence-corrected chi connectivity index (χ1v) is 9.18. The Bertz CT molecular complexity index is 847. The lowest BCUT2D eigenvalue weighted by Gasteiger charge is -2.19. The molecule has 0 spiro atoms. The lowest BCUT2D eigenvalue weighted by Crippen LogP contribution is -2.34. The Morgan fingerprint density at radius 2 is 2.00 bits per heavy atom. The minimum Gasteiger partial charge on any atom is -0.465 e. The first-order chi connectivity index (χ1) is 12.8. The van der Waals surface area contributed by atoms with Gasteiger partial charge >= 0.3 is 12.0 Å². The number of amides is 3. The third-order valence-electron chi connectivity index (χ3n) is 3.57. The van der Waals surface area contributed by atoms with E-state index in [4.69, 9.17) is 4.74 Å². The van der Waals surface area contributed by atoms with Crippen molar-refractivity contribution in [3.63, 3.8) is 0 Å². The van der Waals surface area contributed by atoms with Gasteiger partial charge in [-0.3, -0.25) is 14.4 Å². The number of ether oxygens (including phenoxy) is 1. The van der Waals surface area contributed by atoms with E-state index in [0.29, 0.717) is 11.3 Å². The van der Waals surface area contributed by atoms with Gasteiger partial charge in [-0.15, -0.1) is 0 Å². The maximum atomic E-state index is 12.2. The number of esters is 1. The monoisotopic (exact) mass is 389 g/mol. The molecule has 1 aromatic rings. The zero-order valence-corrected chi connectivity index (χ0v) is 16.0. The van der Waals surface area contributed by atoms with Crippen molar-refractivity contribution in [1.82, 2.24) is 0 Å². The third kappa shape index (κ3) is 5.58. The fraction of sp³-hybridized carbons (Fsp3) is 0.333. The van der Waals surface area contributed by atoms with Gasteiger partial charge in [-0.1, -0.05) is 23.9 Å². The van der Waals surface area contributed by atoms with Gasteiger partial charge in [-0.25, -0.2) is 4.79 Å². The first kappa shape index (κ1) is 20.5. The van der Waals surface area contributed by atoms with Gasteiger partial charge in [-0.05, 0) is 32.9 Å². The average Bonchev–Trinajstić information content (AvgIpc) is 2.59. The maximum Gasteiger partial charge on any atom is 0.367 e. The number of hydrogen-bond donors (Lipinski definition) is 1. The highest BCUT2D eigenvalue weighted by Crippen LogP contribution is 2.22. The fourth-order valence-corrected chi connectivity index (χ4v) is 3.27. The summed E-state index contributed by atoms with van der Waals surface area (Å²) in [6, 6.07) is 5.84. The number of nitrogens with zero attached hydrogens (tertiary/aromatic N) is 2. The molecule has 0 bridgehead atoms. The molecule has 0 aromatic heterocycles. The van der Waals surface area contributed by atoms with Crippen molar-refractivity contribution < 1.29 is 23.9 Å². The minimum atomic E-state index is -0.888.